The van der Waals surface area contributed by atoms with Crippen LogP contribution >= 0.6 is 0 Å². The van der Waals surface area contributed by atoms with Crippen molar-refractivity contribution in [2.24, 2.45) is 5.41 Å². The minimum Gasteiger partial charge on any atom is -0.396 e. The van der Waals surface area contributed by atoms with Crippen LogP contribution in [0.1, 0.15) is 13.8 Å². The van der Waals surface area contributed by atoms with Crippen LogP contribution in [0.25, 0.3) is 0 Å². The van der Waals surface area contributed by atoms with Crippen molar-refractivity contribution in [1.82, 2.24) is 4.68 Å². The highest BCUT2D eigenvalue weighted by Gasteiger charge is 2.15. The van der Waals surface area contributed by atoms with Crippen molar-refractivity contribution in [3.63, 3.8) is 0 Å². The van der Waals surface area contributed by atoms with Crippen molar-refractivity contribution >= 4 is 0 Å². The molecule has 3 nitrogen and oxygen atoms in total. The first-order valence-corrected chi connectivity index (χ1v) is 4.12. The van der Waals surface area contributed by atoms with Crippen molar-refractivity contribution in [2.75, 3.05) is 18.6 Å². The summed E-state index contributed by atoms with van der Waals surface area (Å²) in [6, 6.07) is 3.91. The van der Waals surface area contributed by atoms with E-state index in [9.17, 15) is 0 Å². The van der Waals surface area contributed by atoms with Crippen LogP contribution in [-0.4, -0.2) is 22.9 Å². The molecule has 0 aromatic carbocycles. The fraction of sp³-hybridized carbons (Fsp3) is 0.556. The number of hydrogen-bond donors (Lipinski definition) is 2. The van der Waals surface area contributed by atoms with Crippen molar-refractivity contribution in [3.8, 4) is 0 Å². The lowest BCUT2D eigenvalue weighted by atomic mass is 9.95. The maximum Gasteiger partial charge on any atom is 0.0499 e. The summed E-state index contributed by atoms with van der Waals surface area (Å²) >= 11 is 0. The smallest absolute Gasteiger partial charge is 0.0499 e. The zero-order valence-corrected chi connectivity index (χ0v) is 7.62. The van der Waals surface area contributed by atoms with Gasteiger partial charge in [0.15, 0.2) is 0 Å². The molecule has 0 saturated heterocycles. The second-order valence-corrected chi connectivity index (χ2v) is 3.75. The molecule has 0 bridgehead atoms. The third kappa shape index (κ3) is 2.58. The Hall–Kier alpha value is -0.960. The molecular weight excluding hydrogens is 152 g/mol. The Morgan fingerprint density at radius 2 is 1.92 bits per heavy atom. The van der Waals surface area contributed by atoms with Gasteiger partial charge in [-0.25, -0.2) is 0 Å². The van der Waals surface area contributed by atoms with E-state index in [2.05, 4.69) is 5.43 Å². The van der Waals surface area contributed by atoms with E-state index in [0.29, 0.717) is 0 Å². The van der Waals surface area contributed by atoms with Crippen LogP contribution in [0.2, 0.25) is 0 Å². The first kappa shape index (κ1) is 9.13. The molecule has 0 fully saturated rings. The van der Waals surface area contributed by atoms with E-state index in [1.54, 1.807) is 0 Å². The zero-order chi connectivity index (χ0) is 9.03. The van der Waals surface area contributed by atoms with Gasteiger partial charge in [0.25, 0.3) is 0 Å². The number of aliphatic hydroxyl groups is 1. The standard InChI is InChI=1S/C9H16N2O/c1-9(2,8-12)7-10-11-5-3-4-6-11/h3-6,10,12H,7-8H2,1-2H3. The molecule has 3 heteroatoms. The van der Waals surface area contributed by atoms with Gasteiger partial charge in [-0.2, -0.15) is 0 Å². The molecule has 1 aromatic rings. The van der Waals surface area contributed by atoms with Gasteiger partial charge >= 0.3 is 0 Å². The number of rotatable bonds is 4. The predicted octanol–water partition coefficient (Wildman–Crippen LogP) is 1.05. The minimum atomic E-state index is -0.0652. The highest BCUT2D eigenvalue weighted by Crippen LogP contribution is 2.11. The Labute approximate surface area is 73.0 Å². The van der Waals surface area contributed by atoms with Gasteiger partial charge in [0.1, 0.15) is 0 Å². The quantitative estimate of drug-likeness (QED) is 0.705. The van der Waals surface area contributed by atoms with Crippen molar-refractivity contribution in [3.05, 3.63) is 24.5 Å². The number of nitrogens with one attached hydrogen (secondary N) is 1. The highest BCUT2D eigenvalue weighted by molar-refractivity contribution is 4.94. The molecule has 1 rings (SSSR count). The molecule has 0 spiro atoms. The second kappa shape index (κ2) is 3.63. The monoisotopic (exact) mass is 168 g/mol. The van der Waals surface area contributed by atoms with E-state index in [-0.39, 0.29) is 12.0 Å². The Morgan fingerprint density at radius 3 is 2.42 bits per heavy atom. The average molecular weight is 168 g/mol. The van der Waals surface area contributed by atoms with E-state index >= 15 is 0 Å². The van der Waals surface area contributed by atoms with Crippen LogP contribution in [0, 0.1) is 5.41 Å². The highest BCUT2D eigenvalue weighted by atomic mass is 16.3. The molecule has 0 saturated carbocycles. The second-order valence-electron chi connectivity index (χ2n) is 3.75. The lowest BCUT2D eigenvalue weighted by Crippen LogP contribution is -2.30. The Balaban J connectivity index is 2.36. The van der Waals surface area contributed by atoms with E-state index in [1.807, 2.05) is 43.0 Å². The van der Waals surface area contributed by atoms with Crippen molar-refractivity contribution in [2.45, 2.75) is 13.8 Å². The number of aliphatic hydroxyl groups excluding tert-OH is 1. The molecule has 0 aliphatic carbocycles. The molecule has 0 unspecified atom stereocenters. The van der Waals surface area contributed by atoms with Crippen LogP contribution in [-0.2, 0) is 0 Å². The summed E-state index contributed by atoms with van der Waals surface area (Å²) < 4.78 is 1.89. The molecule has 68 valence electrons. The van der Waals surface area contributed by atoms with Gasteiger partial charge in [-0.1, -0.05) is 13.8 Å². The Morgan fingerprint density at radius 1 is 1.33 bits per heavy atom. The van der Waals surface area contributed by atoms with Gasteiger partial charge in [0.05, 0.1) is 0 Å². The third-order valence-electron chi connectivity index (χ3n) is 1.77. The fourth-order valence-corrected chi connectivity index (χ4v) is 0.801. The number of hydrogen-bond acceptors (Lipinski definition) is 2. The number of aromatic nitrogens is 1. The van der Waals surface area contributed by atoms with Gasteiger partial charge in [-0.3, -0.25) is 4.68 Å². The normalized spacial score (nSPS) is 11.6. The van der Waals surface area contributed by atoms with E-state index in [4.69, 9.17) is 5.11 Å². The predicted molar refractivity (Wildman–Crippen MR) is 49.5 cm³/mol. The van der Waals surface area contributed by atoms with Crippen molar-refractivity contribution in [1.29, 1.82) is 0 Å². The summed E-state index contributed by atoms with van der Waals surface area (Å²) in [5.41, 5.74) is 3.11. The molecular formula is C9H16N2O. The first-order chi connectivity index (χ1) is 5.64. The van der Waals surface area contributed by atoms with Crippen LogP contribution < -0.4 is 5.43 Å². The van der Waals surface area contributed by atoms with Gasteiger partial charge in [0.2, 0.25) is 0 Å². The first-order valence-electron chi connectivity index (χ1n) is 4.12. The summed E-state index contributed by atoms with van der Waals surface area (Å²) in [6.07, 6.45) is 3.88. The summed E-state index contributed by atoms with van der Waals surface area (Å²) in [4.78, 5) is 0. The Bertz CT molecular complexity index is 216. The maximum absolute atomic E-state index is 8.97. The van der Waals surface area contributed by atoms with Crippen LogP contribution in [0.5, 0.6) is 0 Å². The lowest BCUT2D eigenvalue weighted by molar-refractivity contribution is 0.168. The van der Waals surface area contributed by atoms with Gasteiger partial charge < -0.3 is 10.5 Å². The van der Waals surface area contributed by atoms with E-state index in [0.717, 1.165) is 6.54 Å². The Kier molecular flexibility index (Phi) is 2.76. The molecule has 12 heavy (non-hydrogen) atoms. The molecule has 1 aromatic heterocycles. The summed E-state index contributed by atoms with van der Waals surface area (Å²) in [6.45, 7) is 4.99. The lowest BCUT2D eigenvalue weighted by Gasteiger charge is -2.22. The molecule has 0 aliphatic heterocycles. The molecule has 0 radical (unpaired) electrons. The van der Waals surface area contributed by atoms with Crippen LogP contribution in [0.4, 0.5) is 0 Å². The SMILES string of the molecule is CC(C)(CO)CNn1cccc1. The van der Waals surface area contributed by atoms with Crippen LogP contribution in [0.3, 0.4) is 0 Å². The zero-order valence-electron chi connectivity index (χ0n) is 7.62. The van der Waals surface area contributed by atoms with Crippen molar-refractivity contribution < 1.29 is 5.11 Å². The number of nitrogens with zero attached hydrogens (tertiary/aromatic N) is 1. The van der Waals surface area contributed by atoms with E-state index < -0.39 is 0 Å². The van der Waals surface area contributed by atoms with Gasteiger partial charge in [-0.05, 0) is 12.1 Å². The maximum atomic E-state index is 8.97. The topological polar surface area (TPSA) is 37.2 Å². The molecule has 2 N–H and O–H groups in total. The summed E-state index contributed by atoms with van der Waals surface area (Å²) in [7, 11) is 0. The average Bonchev–Trinajstić information content (AvgIpc) is 2.53. The molecule has 0 aliphatic rings. The molecule has 1 heterocycles. The largest absolute Gasteiger partial charge is 0.396 e. The van der Waals surface area contributed by atoms with E-state index in [1.165, 1.54) is 0 Å². The molecule has 0 amide bonds. The fourth-order valence-electron chi connectivity index (χ4n) is 0.801. The minimum absolute atomic E-state index is 0.0652. The van der Waals surface area contributed by atoms with Gasteiger partial charge in [-0.15, -0.1) is 0 Å². The summed E-state index contributed by atoms with van der Waals surface area (Å²) in [5.74, 6) is 0. The van der Waals surface area contributed by atoms with Crippen LogP contribution in [0.15, 0.2) is 24.5 Å². The van der Waals surface area contributed by atoms with Gasteiger partial charge in [0, 0.05) is 31.0 Å². The molecule has 0 atom stereocenters. The third-order valence-corrected chi connectivity index (χ3v) is 1.77. The summed E-state index contributed by atoms with van der Waals surface area (Å²) in [5, 5.41) is 8.97.